The van der Waals surface area contributed by atoms with Gasteiger partial charge in [0.05, 0.1) is 0 Å². The SMILES string of the molecule is Cn1c2c(c3cc(Cl)ccc31)CCCC2. The van der Waals surface area contributed by atoms with E-state index >= 15 is 0 Å². The minimum Gasteiger partial charge on any atom is -0.347 e. The maximum Gasteiger partial charge on any atom is 0.0483 e. The van der Waals surface area contributed by atoms with Gasteiger partial charge < -0.3 is 4.57 Å². The third-order valence-electron chi connectivity index (χ3n) is 3.49. The van der Waals surface area contributed by atoms with Crippen LogP contribution in [0.3, 0.4) is 0 Å². The summed E-state index contributed by atoms with van der Waals surface area (Å²) in [7, 11) is 2.17. The minimum absolute atomic E-state index is 0.849. The van der Waals surface area contributed by atoms with Gasteiger partial charge in [0.2, 0.25) is 0 Å². The zero-order valence-corrected chi connectivity index (χ0v) is 9.64. The monoisotopic (exact) mass is 219 g/mol. The molecule has 0 saturated carbocycles. The van der Waals surface area contributed by atoms with Gasteiger partial charge in [-0.25, -0.2) is 0 Å². The first kappa shape index (κ1) is 9.29. The van der Waals surface area contributed by atoms with Gasteiger partial charge in [-0.05, 0) is 49.4 Å². The molecule has 78 valence electrons. The highest BCUT2D eigenvalue weighted by Gasteiger charge is 2.17. The van der Waals surface area contributed by atoms with E-state index < -0.39 is 0 Å². The molecule has 1 aliphatic carbocycles. The molecule has 1 nitrogen and oxygen atoms in total. The van der Waals surface area contributed by atoms with E-state index in [-0.39, 0.29) is 0 Å². The minimum atomic E-state index is 0.849. The van der Waals surface area contributed by atoms with E-state index in [1.165, 1.54) is 47.8 Å². The summed E-state index contributed by atoms with van der Waals surface area (Å²) < 4.78 is 2.33. The molecule has 0 amide bonds. The Hall–Kier alpha value is -0.950. The molecule has 0 spiro atoms. The van der Waals surface area contributed by atoms with Crippen LogP contribution in [0.4, 0.5) is 0 Å². The Kier molecular flexibility index (Phi) is 2.03. The molecule has 1 aliphatic rings. The van der Waals surface area contributed by atoms with Gasteiger partial charge in [-0.3, -0.25) is 0 Å². The lowest BCUT2D eigenvalue weighted by atomic mass is 9.96. The molecule has 2 aromatic rings. The Morgan fingerprint density at radius 3 is 2.87 bits per heavy atom. The van der Waals surface area contributed by atoms with Crippen LogP contribution in [0, 0.1) is 0 Å². The number of fused-ring (bicyclic) bond motifs is 3. The molecule has 1 heterocycles. The van der Waals surface area contributed by atoms with Gasteiger partial charge in [0.1, 0.15) is 0 Å². The first-order chi connectivity index (χ1) is 7.27. The Bertz CT molecular complexity index is 525. The summed E-state index contributed by atoms with van der Waals surface area (Å²) in [6, 6.07) is 6.23. The fraction of sp³-hybridized carbons (Fsp3) is 0.385. The van der Waals surface area contributed by atoms with E-state index in [1.54, 1.807) is 0 Å². The van der Waals surface area contributed by atoms with Gasteiger partial charge in [0.25, 0.3) is 0 Å². The number of hydrogen-bond donors (Lipinski definition) is 0. The summed E-state index contributed by atoms with van der Waals surface area (Å²) in [5.74, 6) is 0. The van der Waals surface area contributed by atoms with Crippen LogP contribution >= 0.6 is 11.6 Å². The zero-order chi connectivity index (χ0) is 10.4. The molecule has 15 heavy (non-hydrogen) atoms. The van der Waals surface area contributed by atoms with Gasteiger partial charge in [-0.1, -0.05) is 11.6 Å². The summed E-state index contributed by atoms with van der Waals surface area (Å²) in [4.78, 5) is 0. The van der Waals surface area contributed by atoms with Gasteiger partial charge in [-0.15, -0.1) is 0 Å². The largest absolute Gasteiger partial charge is 0.347 e. The van der Waals surface area contributed by atoms with E-state index in [9.17, 15) is 0 Å². The third-order valence-corrected chi connectivity index (χ3v) is 3.72. The number of aryl methyl sites for hydroxylation is 2. The van der Waals surface area contributed by atoms with Crippen molar-refractivity contribution in [2.24, 2.45) is 7.05 Å². The Balaban J connectivity index is 2.39. The number of nitrogens with zero attached hydrogens (tertiary/aromatic N) is 1. The highest BCUT2D eigenvalue weighted by molar-refractivity contribution is 6.31. The number of hydrogen-bond acceptors (Lipinski definition) is 0. The van der Waals surface area contributed by atoms with Crippen molar-refractivity contribution >= 4 is 22.5 Å². The van der Waals surface area contributed by atoms with E-state index in [4.69, 9.17) is 11.6 Å². The Morgan fingerprint density at radius 2 is 2.00 bits per heavy atom. The van der Waals surface area contributed by atoms with Gasteiger partial charge in [0.15, 0.2) is 0 Å². The smallest absolute Gasteiger partial charge is 0.0483 e. The first-order valence-electron chi connectivity index (χ1n) is 5.53. The summed E-state index contributed by atoms with van der Waals surface area (Å²) in [5, 5.41) is 2.21. The summed E-state index contributed by atoms with van der Waals surface area (Å²) >= 11 is 6.06. The first-order valence-corrected chi connectivity index (χ1v) is 5.91. The fourth-order valence-electron chi connectivity index (χ4n) is 2.74. The van der Waals surface area contributed by atoms with Crippen molar-refractivity contribution in [1.82, 2.24) is 4.57 Å². The third kappa shape index (κ3) is 1.30. The van der Waals surface area contributed by atoms with Crippen molar-refractivity contribution in [1.29, 1.82) is 0 Å². The van der Waals surface area contributed by atoms with E-state index in [2.05, 4.69) is 23.7 Å². The lowest BCUT2D eigenvalue weighted by molar-refractivity contribution is 0.653. The standard InChI is InChI=1S/C13H14ClN/c1-15-12-5-3-2-4-10(12)11-8-9(14)6-7-13(11)15/h6-8H,2-5H2,1H3. The van der Waals surface area contributed by atoms with Crippen LogP contribution in [0.25, 0.3) is 10.9 Å². The Labute approximate surface area is 94.7 Å². The predicted molar refractivity (Wildman–Crippen MR) is 64.6 cm³/mol. The molecule has 3 rings (SSSR count). The number of benzene rings is 1. The summed E-state index contributed by atoms with van der Waals surface area (Å²) in [6.07, 6.45) is 5.08. The average molecular weight is 220 g/mol. The molecule has 0 saturated heterocycles. The maximum atomic E-state index is 6.06. The summed E-state index contributed by atoms with van der Waals surface area (Å²) in [5.41, 5.74) is 4.37. The van der Waals surface area contributed by atoms with Crippen molar-refractivity contribution in [2.75, 3.05) is 0 Å². The molecule has 0 N–H and O–H groups in total. The van der Waals surface area contributed by atoms with Gasteiger partial charge in [0, 0.05) is 28.7 Å². The average Bonchev–Trinajstić information content (AvgIpc) is 2.54. The highest BCUT2D eigenvalue weighted by Crippen LogP contribution is 2.32. The van der Waals surface area contributed by atoms with Gasteiger partial charge in [-0.2, -0.15) is 0 Å². The molecular formula is C13H14ClN. The molecule has 1 aromatic heterocycles. The highest BCUT2D eigenvalue weighted by atomic mass is 35.5. The van der Waals surface area contributed by atoms with E-state index in [1.807, 2.05) is 6.07 Å². The molecule has 0 unspecified atom stereocenters. The normalized spacial score (nSPS) is 15.6. The van der Waals surface area contributed by atoms with Gasteiger partial charge >= 0.3 is 0 Å². The molecule has 1 aromatic carbocycles. The second-order valence-electron chi connectivity index (χ2n) is 4.35. The summed E-state index contributed by atoms with van der Waals surface area (Å²) in [6.45, 7) is 0. The maximum absolute atomic E-state index is 6.06. The van der Waals surface area contributed by atoms with Crippen molar-refractivity contribution in [2.45, 2.75) is 25.7 Å². The predicted octanol–water partition coefficient (Wildman–Crippen LogP) is 3.71. The van der Waals surface area contributed by atoms with E-state index in [0.29, 0.717) is 0 Å². The number of halogens is 1. The molecule has 0 radical (unpaired) electrons. The second kappa shape index (κ2) is 3.28. The van der Waals surface area contributed by atoms with Crippen LogP contribution in [0.5, 0.6) is 0 Å². The van der Waals surface area contributed by atoms with Crippen molar-refractivity contribution in [3.8, 4) is 0 Å². The van der Waals surface area contributed by atoms with Crippen molar-refractivity contribution in [3.63, 3.8) is 0 Å². The Morgan fingerprint density at radius 1 is 1.20 bits per heavy atom. The van der Waals surface area contributed by atoms with Crippen LogP contribution < -0.4 is 0 Å². The van der Waals surface area contributed by atoms with Crippen LogP contribution in [0.1, 0.15) is 24.1 Å². The second-order valence-corrected chi connectivity index (χ2v) is 4.79. The number of rotatable bonds is 0. The fourth-order valence-corrected chi connectivity index (χ4v) is 2.91. The molecular weight excluding hydrogens is 206 g/mol. The van der Waals surface area contributed by atoms with Crippen LogP contribution in [-0.4, -0.2) is 4.57 Å². The molecule has 0 bridgehead atoms. The van der Waals surface area contributed by atoms with Crippen LogP contribution in [0.15, 0.2) is 18.2 Å². The van der Waals surface area contributed by atoms with Crippen molar-refractivity contribution in [3.05, 3.63) is 34.5 Å². The lowest BCUT2D eigenvalue weighted by Gasteiger charge is -2.12. The molecule has 0 fully saturated rings. The molecule has 2 heteroatoms. The quantitative estimate of drug-likeness (QED) is 0.637. The topological polar surface area (TPSA) is 4.93 Å². The zero-order valence-electron chi connectivity index (χ0n) is 8.89. The molecule has 0 aliphatic heterocycles. The lowest BCUT2D eigenvalue weighted by Crippen LogP contribution is -2.04. The van der Waals surface area contributed by atoms with E-state index in [0.717, 1.165) is 5.02 Å². The van der Waals surface area contributed by atoms with Crippen molar-refractivity contribution < 1.29 is 0 Å². The molecule has 0 atom stereocenters. The van der Waals surface area contributed by atoms with Crippen LogP contribution in [-0.2, 0) is 19.9 Å². The number of aromatic nitrogens is 1. The van der Waals surface area contributed by atoms with Crippen LogP contribution in [0.2, 0.25) is 5.02 Å².